The van der Waals surface area contributed by atoms with Crippen LogP contribution in [-0.2, 0) is 0 Å². The first-order valence-corrected chi connectivity index (χ1v) is 8.14. The van der Waals surface area contributed by atoms with E-state index in [4.69, 9.17) is 0 Å². The summed E-state index contributed by atoms with van der Waals surface area (Å²) in [5.74, 6) is 0. The number of rotatable bonds is 6. The predicted molar refractivity (Wildman–Crippen MR) is 83.8 cm³/mol. The van der Waals surface area contributed by atoms with E-state index in [-0.39, 0.29) is 11.5 Å². The van der Waals surface area contributed by atoms with Gasteiger partial charge in [0.05, 0.1) is 6.10 Å². The van der Waals surface area contributed by atoms with Gasteiger partial charge in [-0.3, -0.25) is 0 Å². The zero-order chi connectivity index (χ0) is 14.0. The van der Waals surface area contributed by atoms with Gasteiger partial charge in [0.15, 0.2) is 0 Å². The largest absolute Gasteiger partial charge is 0.388 e. The summed E-state index contributed by atoms with van der Waals surface area (Å²) in [5, 5.41) is 18.5. The van der Waals surface area contributed by atoms with Crippen LogP contribution < -0.4 is 5.32 Å². The first-order chi connectivity index (χ1) is 9.71. The normalized spacial score (nSPS) is 19.5. The molecule has 2 unspecified atom stereocenters. The van der Waals surface area contributed by atoms with Gasteiger partial charge < -0.3 is 10.4 Å². The van der Waals surface area contributed by atoms with E-state index in [0.717, 1.165) is 24.9 Å². The van der Waals surface area contributed by atoms with Crippen LogP contribution in [0.15, 0.2) is 47.2 Å². The summed E-state index contributed by atoms with van der Waals surface area (Å²) in [6, 6.07) is 12.5. The molecule has 2 aromatic rings. The van der Waals surface area contributed by atoms with Crippen LogP contribution in [0.4, 0.5) is 0 Å². The van der Waals surface area contributed by atoms with Crippen molar-refractivity contribution in [3.8, 4) is 0 Å². The van der Waals surface area contributed by atoms with Gasteiger partial charge in [-0.1, -0.05) is 30.3 Å². The zero-order valence-electron chi connectivity index (χ0n) is 11.8. The van der Waals surface area contributed by atoms with Gasteiger partial charge in [0.2, 0.25) is 0 Å². The molecule has 3 heteroatoms. The second-order valence-corrected chi connectivity index (χ2v) is 6.61. The van der Waals surface area contributed by atoms with Gasteiger partial charge >= 0.3 is 0 Å². The maximum atomic E-state index is 10.6. The van der Waals surface area contributed by atoms with Gasteiger partial charge in [0.1, 0.15) is 0 Å². The van der Waals surface area contributed by atoms with Gasteiger partial charge in [-0.25, -0.2) is 0 Å². The first kappa shape index (κ1) is 13.8. The highest BCUT2D eigenvalue weighted by Crippen LogP contribution is 2.54. The third-order valence-corrected chi connectivity index (χ3v) is 5.09. The fourth-order valence-corrected chi connectivity index (χ4v) is 3.45. The topological polar surface area (TPSA) is 32.3 Å². The summed E-state index contributed by atoms with van der Waals surface area (Å²) in [5.41, 5.74) is 2.40. The molecule has 1 aliphatic carbocycles. The number of hydrogen-bond donors (Lipinski definition) is 2. The van der Waals surface area contributed by atoms with E-state index in [0.29, 0.717) is 6.04 Å². The van der Waals surface area contributed by atoms with Crippen molar-refractivity contribution in [1.29, 1.82) is 0 Å². The Morgan fingerprint density at radius 3 is 2.55 bits per heavy atom. The molecule has 3 rings (SSSR count). The van der Waals surface area contributed by atoms with Crippen LogP contribution in [0.25, 0.3) is 0 Å². The van der Waals surface area contributed by atoms with E-state index in [1.807, 2.05) is 30.3 Å². The molecule has 0 radical (unpaired) electrons. The lowest BCUT2D eigenvalue weighted by Crippen LogP contribution is -2.30. The Morgan fingerprint density at radius 1 is 1.20 bits per heavy atom. The molecule has 106 valence electrons. The fourth-order valence-electron chi connectivity index (χ4n) is 2.69. The molecule has 1 fully saturated rings. The second-order valence-electron chi connectivity index (χ2n) is 5.83. The molecule has 1 saturated carbocycles. The number of aliphatic hydroxyl groups excluding tert-OH is 1. The highest BCUT2D eigenvalue weighted by atomic mass is 32.1. The van der Waals surface area contributed by atoms with E-state index < -0.39 is 0 Å². The van der Waals surface area contributed by atoms with Crippen LogP contribution >= 0.6 is 11.3 Å². The van der Waals surface area contributed by atoms with Crippen LogP contribution in [-0.4, -0.2) is 11.7 Å². The summed E-state index contributed by atoms with van der Waals surface area (Å²) < 4.78 is 0. The summed E-state index contributed by atoms with van der Waals surface area (Å²) in [6.07, 6.45) is 1.85. The van der Waals surface area contributed by atoms with Gasteiger partial charge in [-0.2, -0.15) is 11.3 Å². The molecule has 0 spiro atoms. The third kappa shape index (κ3) is 2.80. The molecular weight excluding hydrogens is 266 g/mol. The fraction of sp³-hybridized carbons (Fsp3) is 0.412. The second kappa shape index (κ2) is 5.68. The van der Waals surface area contributed by atoms with Crippen molar-refractivity contribution in [2.24, 2.45) is 5.41 Å². The number of hydrogen-bond acceptors (Lipinski definition) is 3. The van der Waals surface area contributed by atoms with Crippen molar-refractivity contribution in [1.82, 2.24) is 5.32 Å². The lowest BCUT2D eigenvalue weighted by atomic mass is 9.92. The molecule has 1 heterocycles. The quantitative estimate of drug-likeness (QED) is 0.844. The minimum Gasteiger partial charge on any atom is -0.388 e. The highest BCUT2D eigenvalue weighted by Gasteiger charge is 2.49. The minimum atomic E-state index is -0.356. The molecule has 0 saturated heterocycles. The molecule has 20 heavy (non-hydrogen) atoms. The molecule has 0 bridgehead atoms. The molecule has 2 N–H and O–H groups in total. The molecule has 1 aromatic heterocycles. The molecule has 0 aliphatic heterocycles. The summed E-state index contributed by atoms with van der Waals surface area (Å²) in [7, 11) is 0. The van der Waals surface area contributed by atoms with E-state index in [1.54, 1.807) is 11.3 Å². The van der Waals surface area contributed by atoms with E-state index in [1.165, 1.54) is 5.56 Å². The molecule has 1 aliphatic rings. The van der Waals surface area contributed by atoms with Crippen LogP contribution in [0.3, 0.4) is 0 Å². The van der Waals surface area contributed by atoms with Gasteiger partial charge in [-0.15, -0.1) is 0 Å². The van der Waals surface area contributed by atoms with Crippen molar-refractivity contribution < 1.29 is 5.11 Å². The number of nitrogens with one attached hydrogen (secondary N) is 1. The van der Waals surface area contributed by atoms with Gasteiger partial charge in [0, 0.05) is 18.0 Å². The predicted octanol–water partition coefficient (Wildman–Crippen LogP) is 3.91. The van der Waals surface area contributed by atoms with Crippen LogP contribution in [0, 0.1) is 5.41 Å². The van der Waals surface area contributed by atoms with Crippen LogP contribution in [0.1, 0.15) is 43.0 Å². The molecule has 2 atom stereocenters. The average Bonchev–Trinajstić information content (AvgIpc) is 3.08. The van der Waals surface area contributed by atoms with E-state index in [2.05, 4.69) is 29.1 Å². The maximum absolute atomic E-state index is 10.6. The van der Waals surface area contributed by atoms with Gasteiger partial charge in [0.25, 0.3) is 0 Å². The molecule has 1 aromatic carbocycles. The van der Waals surface area contributed by atoms with E-state index in [9.17, 15) is 5.11 Å². The summed E-state index contributed by atoms with van der Waals surface area (Å²) in [6.45, 7) is 3.06. The maximum Gasteiger partial charge on any atom is 0.0858 e. The summed E-state index contributed by atoms with van der Waals surface area (Å²) in [4.78, 5) is 0. The minimum absolute atomic E-state index is 0.0334. The Balaban J connectivity index is 1.62. The Kier molecular flexibility index (Phi) is 3.92. The zero-order valence-corrected chi connectivity index (χ0v) is 12.6. The summed E-state index contributed by atoms with van der Waals surface area (Å²) >= 11 is 1.73. The number of thiophene rings is 1. The lowest BCUT2D eigenvalue weighted by Gasteiger charge is -2.25. The van der Waals surface area contributed by atoms with Crippen molar-refractivity contribution >= 4 is 11.3 Å². The SMILES string of the molecule is CC(NCC1(C(O)c2ccccc2)CC1)c1ccsc1. The molecular formula is C17H21NOS. The van der Waals surface area contributed by atoms with Crippen molar-refractivity contribution in [2.75, 3.05) is 6.54 Å². The Morgan fingerprint density at radius 2 is 1.95 bits per heavy atom. The monoisotopic (exact) mass is 287 g/mol. The Bertz CT molecular complexity index is 533. The van der Waals surface area contributed by atoms with Gasteiger partial charge in [-0.05, 0) is 47.7 Å². The van der Waals surface area contributed by atoms with Crippen LogP contribution in [0.2, 0.25) is 0 Å². The average molecular weight is 287 g/mol. The van der Waals surface area contributed by atoms with Crippen LogP contribution in [0.5, 0.6) is 0 Å². The first-order valence-electron chi connectivity index (χ1n) is 7.20. The lowest BCUT2D eigenvalue weighted by molar-refractivity contribution is 0.0903. The number of aliphatic hydroxyl groups is 1. The third-order valence-electron chi connectivity index (χ3n) is 4.39. The highest BCUT2D eigenvalue weighted by molar-refractivity contribution is 7.07. The Labute approximate surface area is 124 Å². The van der Waals surface area contributed by atoms with Crippen molar-refractivity contribution in [3.63, 3.8) is 0 Å². The Hall–Kier alpha value is -1.16. The van der Waals surface area contributed by atoms with Crippen molar-refractivity contribution in [3.05, 3.63) is 58.3 Å². The standard InChI is InChI=1S/C17H21NOS/c1-13(15-7-10-20-11-15)18-12-17(8-9-17)16(19)14-5-3-2-4-6-14/h2-7,10-11,13,16,18-19H,8-9,12H2,1H3. The van der Waals surface area contributed by atoms with Crippen molar-refractivity contribution in [2.45, 2.75) is 31.9 Å². The molecule has 2 nitrogen and oxygen atoms in total. The van der Waals surface area contributed by atoms with E-state index >= 15 is 0 Å². The number of benzene rings is 1. The molecule has 0 amide bonds. The smallest absolute Gasteiger partial charge is 0.0858 e.